The van der Waals surface area contributed by atoms with Gasteiger partial charge < -0.3 is 14.5 Å². The lowest BCUT2D eigenvalue weighted by atomic mass is 10.2. The Labute approximate surface area is 123 Å². The normalized spacial score (nSPS) is 10.3. The molecule has 0 saturated heterocycles. The molecule has 0 atom stereocenters. The molecule has 0 fully saturated rings. The van der Waals surface area contributed by atoms with E-state index in [4.69, 9.17) is 16.0 Å². The summed E-state index contributed by atoms with van der Waals surface area (Å²) >= 11 is 9.43. The van der Waals surface area contributed by atoms with E-state index in [0.717, 1.165) is 10.2 Å². The van der Waals surface area contributed by atoms with Gasteiger partial charge >= 0.3 is 5.97 Å². The van der Waals surface area contributed by atoms with E-state index in [-0.39, 0.29) is 0 Å². The molecule has 0 unspecified atom stereocenters. The largest absolute Gasteiger partial charge is 0.466 e. The van der Waals surface area contributed by atoms with Gasteiger partial charge in [-0.1, -0.05) is 11.6 Å². The zero-order valence-electron chi connectivity index (χ0n) is 10.1. The summed E-state index contributed by atoms with van der Waals surface area (Å²) in [6.07, 6.45) is 1.59. The van der Waals surface area contributed by atoms with Crippen LogP contribution in [0.15, 0.2) is 39.4 Å². The minimum atomic E-state index is -0.404. The maximum absolute atomic E-state index is 11.4. The first kappa shape index (κ1) is 14.0. The minimum Gasteiger partial charge on any atom is -0.466 e. The van der Waals surface area contributed by atoms with E-state index in [1.807, 2.05) is 6.07 Å². The lowest BCUT2D eigenvalue weighted by molar-refractivity contribution is 0.0601. The zero-order chi connectivity index (χ0) is 13.8. The van der Waals surface area contributed by atoms with Crippen molar-refractivity contribution >= 4 is 39.2 Å². The third-order valence-corrected chi connectivity index (χ3v) is 3.55. The second-order valence-electron chi connectivity index (χ2n) is 3.73. The third-order valence-electron chi connectivity index (χ3n) is 2.52. The average Bonchev–Trinajstić information content (AvgIpc) is 2.82. The number of esters is 1. The molecule has 0 amide bonds. The van der Waals surface area contributed by atoms with Crippen LogP contribution < -0.4 is 5.32 Å². The number of rotatable bonds is 4. The summed E-state index contributed by atoms with van der Waals surface area (Å²) in [5.41, 5.74) is 1.08. The molecule has 2 rings (SSSR count). The molecule has 0 aliphatic heterocycles. The number of carbonyl (C=O) groups is 1. The van der Waals surface area contributed by atoms with Gasteiger partial charge in [-0.25, -0.2) is 4.79 Å². The van der Waals surface area contributed by atoms with E-state index >= 15 is 0 Å². The molecule has 19 heavy (non-hydrogen) atoms. The number of halogens is 2. The van der Waals surface area contributed by atoms with Crippen molar-refractivity contribution in [2.24, 2.45) is 0 Å². The van der Waals surface area contributed by atoms with Crippen LogP contribution in [0.2, 0.25) is 5.02 Å². The van der Waals surface area contributed by atoms with Crippen LogP contribution in [-0.2, 0) is 11.3 Å². The molecule has 6 heteroatoms. The van der Waals surface area contributed by atoms with E-state index in [1.165, 1.54) is 7.11 Å². The Hall–Kier alpha value is -1.46. The topological polar surface area (TPSA) is 51.5 Å². The Balaban J connectivity index is 2.15. The predicted molar refractivity (Wildman–Crippen MR) is 76.5 cm³/mol. The van der Waals surface area contributed by atoms with Crippen molar-refractivity contribution in [1.29, 1.82) is 0 Å². The maximum atomic E-state index is 11.4. The Bertz CT molecular complexity index is 597. The number of methoxy groups -OCH3 is 1. The van der Waals surface area contributed by atoms with Crippen LogP contribution in [0.25, 0.3) is 0 Å². The van der Waals surface area contributed by atoms with Gasteiger partial charge in [0, 0.05) is 0 Å². The number of ether oxygens (including phenoxy) is 1. The number of carbonyl (C=O) groups excluding carboxylic acids is 1. The van der Waals surface area contributed by atoms with Crippen LogP contribution in [0.3, 0.4) is 0 Å². The van der Waals surface area contributed by atoms with Crippen LogP contribution in [0.1, 0.15) is 16.1 Å². The van der Waals surface area contributed by atoms with Crippen LogP contribution in [0, 0.1) is 0 Å². The molecule has 2 aromatic rings. The van der Waals surface area contributed by atoms with Gasteiger partial charge in [0.2, 0.25) is 0 Å². The van der Waals surface area contributed by atoms with Crippen LogP contribution >= 0.6 is 27.5 Å². The minimum absolute atomic E-state index is 0.404. The molecule has 0 spiro atoms. The quantitative estimate of drug-likeness (QED) is 0.849. The number of hydrogen-bond acceptors (Lipinski definition) is 4. The highest BCUT2D eigenvalue weighted by atomic mass is 79.9. The number of furan rings is 1. The first-order valence-electron chi connectivity index (χ1n) is 5.45. The molecule has 1 heterocycles. The van der Waals surface area contributed by atoms with Crippen LogP contribution in [0.5, 0.6) is 0 Å². The predicted octanol–water partition coefficient (Wildman–Crippen LogP) is 4.09. The molecule has 0 saturated carbocycles. The van der Waals surface area contributed by atoms with Gasteiger partial charge in [-0.05, 0) is 40.2 Å². The summed E-state index contributed by atoms with van der Waals surface area (Å²) in [7, 11) is 1.34. The molecule has 0 aliphatic carbocycles. The van der Waals surface area contributed by atoms with Crippen molar-refractivity contribution in [3.8, 4) is 0 Å². The summed E-state index contributed by atoms with van der Waals surface area (Å²) in [4.78, 5) is 11.4. The fourth-order valence-electron chi connectivity index (χ4n) is 1.53. The fraction of sp³-hybridized carbons (Fsp3) is 0.154. The second-order valence-corrected chi connectivity index (χ2v) is 4.99. The highest BCUT2D eigenvalue weighted by Crippen LogP contribution is 2.25. The van der Waals surface area contributed by atoms with Crippen molar-refractivity contribution < 1.29 is 13.9 Å². The Morgan fingerprint density at radius 1 is 1.47 bits per heavy atom. The lowest BCUT2D eigenvalue weighted by Crippen LogP contribution is -2.04. The molecule has 1 aromatic heterocycles. The fourth-order valence-corrected chi connectivity index (χ4v) is 2.06. The Morgan fingerprint density at radius 3 is 2.89 bits per heavy atom. The zero-order valence-corrected chi connectivity index (χ0v) is 12.4. The van der Waals surface area contributed by atoms with E-state index < -0.39 is 5.97 Å². The third kappa shape index (κ3) is 3.30. The summed E-state index contributed by atoms with van der Waals surface area (Å²) in [6, 6.07) is 6.71. The molecular weight excluding hydrogens is 334 g/mol. The maximum Gasteiger partial charge on any atom is 0.337 e. The van der Waals surface area contributed by atoms with E-state index in [9.17, 15) is 4.79 Å². The van der Waals surface area contributed by atoms with Crippen LogP contribution in [0.4, 0.5) is 5.69 Å². The monoisotopic (exact) mass is 343 g/mol. The molecule has 1 aromatic carbocycles. The number of nitrogens with one attached hydrogen (secondary N) is 1. The summed E-state index contributed by atoms with van der Waals surface area (Å²) in [6.45, 7) is 0.456. The summed E-state index contributed by atoms with van der Waals surface area (Å²) in [5, 5.41) is 3.64. The number of anilines is 1. The first-order valence-corrected chi connectivity index (χ1v) is 6.62. The van der Waals surface area contributed by atoms with Gasteiger partial charge in [0.05, 0.1) is 40.7 Å². The van der Waals surface area contributed by atoms with Gasteiger partial charge in [-0.2, -0.15) is 0 Å². The van der Waals surface area contributed by atoms with E-state index in [0.29, 0.717) is 22.8 Å². The van der Waals surface area contributed by atoms with Gasteiger partial charge in [-0.15, -0.1) is 0 Å². The number of benzene rings is 1. The molecule has 0 aliphatic rings. The highest BCUT2D eigenvalue weighted by Gasteiger charge is 2.10. The van der Waals surface area contributed by atoms with Crippen molar-refractivity contribution in [1.82, 2.24) is 0 Å². The van der Waals surface area contributed by atoms with Gasteiger partial charge in [0.25, 0.3) is 0 Å². The molecule has 100 valence electrons. The Kier molecular flexibility index (Phi) is 4.50. The average molecular weight is 345 g/mol. The van der Waals surface area contributed by atoms with Crippen molar-refractivity contribution in [3.63, 3.8) is 0 Å². The second kappa shape index (κ2) is 6.12. The number of hydrogen-bond donors (Lipinski definition) is 1. The van der Waals surface area contributed by atoms with Crippen LogP contribution in [-0.4, -0.2) is 13.1 Å². The molecule has 1 N–H and O–H groups in total. The smallest absolute Gasteiger partial charge is 0.337 e. The standard InChI is InChI=1S/C13H11BrClNO3/c1-18-13(17)8-2-3-10(15)11(6-8)16-7-12-9(14)4-5-19-12/h2-6,16H,7H2,1H3. The molecular formula is C13H11BrClNO3. The highest BCUT2D eigenvalue weighted by molar-refractivity contribution is 9.10. The van der Waals surface area contributed by atoms with Gasteiger partial charge in [0.15, 0.2) is 0 Å². The lowest BCUT2D eigenvalue weighted by Gasteiger charge is -2.09. The summed E-state index contributed by atoms with van der Waals surface area (Å²) < 4.78 is 10.8. The summed E-state index contributed by atoms with van der Waals surface area (Å²) in [5.74, 6) is 0.346. The molecule has 4 nitrogen and oxygen atoms in total. The molecule has 0 bridgehead atoms. The van der Waals surface area contributed by atoms with Gasteiger partial charge in [0.1, 0.15) is 5.76 Å². The van der Waals surface area contributed by atoms with E-state index in [1.54, 1.807) is 24.5 Å². The van der Waals surface area contributed by atoms with Gasteiger partial charge in [-0.3, -0.25) is 0 Å². The van der Waals surface area contributed by atoms with E-state index in [2.05, 4.69) is 26.0 Å². The Morgan fingerprint density at radius 2 is 2.26 bits per heavy atom. The SMILES string of the molecule is COC(=O)c1ccc(Cl)c(NCc2occc2Br)c1. The first-order chi connectivity index (χ1) is 9.11. The van der Waals surface area contributed by atoms with Crippen molar-refractivity contribution in [2.45, 2.75) is 6.54 Å². The van der Waals surface area contributed by atoms with Crippen molar-refractivity contribution in [3.05, 3.63) is 51.3 Å². The molecule has 0 radical (unpaired) electrons. The van der Waals surface area contributed by atoms with Crippen molar-refractivity contribution in [2.75, 3.05) is 12.4 Å².